The van der Waals surface area contributed by atoms with E-state index in [-0.39, 0.29) is 11.6 Å². The van der Waals surface area contributed by atoms with E-state index in [1.54, 1.807) is 31.1 Å². The fourth-order valence-corrected chi connectivity index (χ4v) is 2.00. The molecule has 110 valence electrons. The second kappa shape index (κ2) is 6.70. The molecule has 1 aromatic rings. The van der Waals surface area contributed by atoms with E-state index in [2.05, 4.69) is 5.32 Å². The minimum Gasteiger partial charge on any atom is -0.385 e. The van der Waals surface area contributed by atoms with Gasteiger partial charge >= 0.3 is 0 Å². The van der Waals surface area contributed by atoms with Gasteiger partial charge in [0.05, 0.1) is 17.9 Å². The maximum atomic E-state index is 13.6. The van der Waals surface area contributed by atoms with Crippen LogP contribution in [-0.2, 0) is 4.74 Å². The molecule has 0 bridgehead atoms. The summed E-state index contributed by atoms with van der Waals surface area (Å²) >= 11 is 0. The summed E-state index contributed by atoms with van der Waals surface area (Å²) in [5.74, 6) is 0.0933. The molecule has 1 amide bonds. The van der Waals surface area contributed by atoms with E-state index in [0.29, 0.717) is 18.7 Å². The van der Waals surface area contributed by atoms with Crippen molar-refractivity contribution in [2.24, 2.45) is 5.92 Å². The van der Waals surface area contributed by atoms with Gasteiger partial charge in [0.15, 0.2) is 0 Å². The molecule has 0 saturated heterocycles. The van der Waals surface area contributed by atoms with Crippen LogP contribution in [0.25, 0.3) is 0 Å². The fourth-order valence-electron chi connectivity index (χ4n) is 2.00. The number of hydrogen-bond acceptors (Lipinski definition) is 3. The van der Waals surface area contributed by atoms with Gasteiger partial charge < -0.3 is 15.0 Å². The fraction of sp³-hybridized carbons (Fsp3) is 0.533. The number of likely N-dealkylation sites (N-methyl/N-ethyl adjacent to an activating group) is 1. The standard InChI is InChI=1S/C15H21FN2O2/c1-17-14-12(4-3-5-13(14)16)15(19)18(2)8-9-20-10-11-6-7-11/h3-5,11,17H,6-10H2,1-2H3. The van der Waals surface area contributed by atoms with Gasteiger partial charge in [0.2, 0.25) is 0 Å². The minimum atomic E-state index is -0.420. The Morgan fingerprint density at radius 3 is 2.90 bits per heavy atom. The van der Waals surface area contributed by atoms with Gasteiger partial charge in [-0.15, -0.1) is 0 Å². The van der Waals surface area contributed by atoms with Crippen LogP contribution < -0.4 is 5.32 Å². The zero-order chi connectivity index (χ0) is 14.5. The van der Waals surface area contributed by atoms with Crippen molar-refractivity contribution in [3.05, 3.63) is 29.6 Å². The molecule has 20 heavy (non-hydrogen) atoms. The number of carbonyl (C=O) groups excluding carboxylic acids is 1. The maximum absolute atomic E-state index is 13.6. The number of hydrogen-bond donors (Lipinski definition) is 1. The van der Waals surface area contributed by atoms with Gasteiger partial charge in [0.1, 0.15) is 5.82 Å². The van der Waals surface area contributed by atoms with E-state index in [1.807, 2.05) is 0 Å². The highest BCUT2D eigenvalue weighted by Crippen LogP contribution is 2.28. The average Bonchev–Trinajstić information content (AvgIpc) is 3.26. The van der Waals surface area contributed by atoms with Crippen LogP contribution >= 0.6 is 0 Å². The Morgan fingerprint density at radius 1 is 1.50 bits per heavy atom. The van der Waals surface area contributed by atoms with Crippen LogP contribution in [0.5, 0.6) is 0 Å². The molecule has 0 aromatic heterocycles. The number of carbonyl (C=O) groups is 1. The molecule has 0 spiro atoms. The van der Waals surface area contributed by atoms with Gasteiger partial charge in [-0.25, -0.2) is 4.39 Å². The largest absolute Gasteiger partial charge is 0.385 e. The van der Waals surface area contributed by atoms with Crippen LogP contribution in [0.1, 0.15) is 23.2 Å². The molecule has 0 radical (unpaired) electrons. The Morgan fingerprint density at radius 2 is 2.25 bits per heavy atom. The van der Waals surface area contributed by atoms with Crippen molar-refractivity contribution in [3.8, 4) is 0 Å². The van der Waals surface area contributed by atoms with E-state index in [4.69, 9.17) is 4.74 Å². The zero-order valence-electron chi connectivity index (χ0n) is 12.0. The van der Waals surface area contributed by atoms with Crippen molar-refractivity contribution in [2.75, 3.05) is 39.2 Å². The molecule has 1 saturated carbocycles. The van der Waals surface area contributed by atoms with E-state index in [9.17, 15) is 9.18 Å². The van der Waals surface area contributed by atoms with Crippen molar-refractivity contribution in [1.82, 2.24) is 4.90 Å². The topological polar surface area (TPSA) is 41.6 Å². The molecular weight excluding hydrogens is 259 g/mol. The molecule has 0 unspecified atom stereocenters. The summed E-state index contributed by atoms with van der Waals surface area (Å²) in [5.41, 5.74) is 0.584. The first-order valence-corrected chi connectivity index (χ1v) is 6.93. The van der Waals surface area contributed by atoms with Crippen LogP contribution in [0.15, 0.2) is 18.2 Å². The van der Waals surface area contributed by atoms with Crippen LogP contribution in [0.3, 0.4) is 0 Å². The van der Waals surface area contributed by atoms with Crippen molar-refractivity contribution in [3.63, 3.8) is 0 Å². The zero-order valence-corrected chi connectivity index (χ0v) is 12.0. The van der Waals surface area contributed by atoms with Crippen molar-refractivity contribution < 1.29 is 13.9 Å². The van der Waals surface area contributed by atoms with Gasteiger partial charge in [0, 0.05) is 27.2 Å². The predicted octanol–water partition coefficient (Wildman–Crippen LogP) is 2.37. The number of nitrogens with one attached hydrogen (secondary N) is 1. The molecular formula is C15H21FN2O2. The van der Waals surface area contributed by atoms with Gasteiger partial charge in [-0.05, 0) is 30.9 Å². The summed E-state index contributed by atoms with van der Waals surface area (Å²) in [6.45, 7) is 1.80. The number of ether oxygens (including phenoxy) is 1. The third-order valence-corrected chi connectivity index (χ3v) is 3.46. The van der Waals surface area contributed by atoms with Crippen LogP contribution in [-0.4, -0.2) is 44.7 Å². The third-order valence-electron chi connectivity index (χ3n) is 3.46. The van der Waals surface area contributed by atoms with Crippen molar-refractivity contribution in [1.29, 1.82) is 0 Å². The molecule has 1 aliphatic rings. The second-order valence-corrected chi connectivity index (χ2v) is 5.16. The molecule has 1 aliphatic carbocycles. The summed E-state index contributed by atoms with van der Waals surface area (Å²) in [6.07, 6.45) is 2.51. The number of nitrogens with zero attached hydrogens (tertiary/aromatic N) is 1. The Bertz CT molecular complexity index is 475. The maximum Gasteiger partial charge on any atom is 0.255 e. The third kappa shape index (κ3) is 3.70. The SMILES string of the molecule is CNc1c(F)cccc1C(=O)N(C)CCOCC1CC1. The number of anilines is 1. The molecule has 4 nitrogen and oxygen atoms in total. The summed E-state index contributed by atoms with van der Waals surface area (Å²) in [5, 5.41) is 2.74. The molecule has 0 atom stereocenters. The van der Waals surface area contributed by atoms with Crippen LogP contribution in [0.2, 0.25) is 0 Å². The molecule has 5 heteroatoms. The summed E-state index contributed by atoms with van der Waals surface area (Å²) < 4.78 is 19.1. The Kier molecular flexibility index (Phi) is 4.95. The number of halogens is 1. The predicted molar refractivity (Wildman–Crippen MR) is 76.5 cm³/mol. The first-order valence-electron chi connectivity index (χ1n) is 6.93. The van der Waals surface area contributed by atoms with E-state index in [0.717, 1.165) is 12.5 Å². The number of para-hydroxylation sites is 1. The summed E-state index contributed by atoms with van der Waals surface area (Å²) in [6, 6.07) is 4.50. The van der Waals surface area contributed by atoms with Crippen molar-refractivity contribution in [2.45, 2.75) is 12.8 Å². The van der Waals surface area contributed by atoms with Crippen LogP contribution in [0.4, 0.5) is 10.1 Å². The van der Waals surface area contributed by atoms with E-state index < -0.39 is 5.82 Å². The lowest BCUT2D eigenvalue weighted by Crippen LogP contribution is -2.31. The monoisotopic (exact) mass is 280 g/mol. The van der Waals surface area contributed by atoms with Gasteiger partial charge in [-0.1, -0.05) is 6.07 Å². The molecule has 2 rings (SSSR count). The normalized spacial score (nSPS) is 14.2. The number of amides is 1. The van der Waals surface area contributed by atoms with Gasteiger partial charge in [-0.2, -0.15) is 0 Å². The molecule has 1 aromatic carbocycles. The number of benzene rings is 1. The Labute approximate surface area is 118 Å². The molecule has 1 N–H and O–H groups in total. The van der Waals surface area contributed by atoms with Gasteiger partial charge in [0.25, 0.3) is 5.91 Å². The van der Waals surface area contributed by atoms with Crippen LogP contribution in [0, 0.1) is 11.7 Å². The average molecular weight is 280 g/mol. The first kappa shape index (κ1) is 14.8. The highest BCUT2D eigenvalue weighted by atomic mass is 19.1. The summed E-state index contributed by atoms with van der Waals surface area (Å²) in [4.78, 5) is 13.8. The lowest BCUT2D eigenvalue weighted by atomic mass is 10.1. The highest BCUT2D eigenvalue weighted by molar-refractivity contribution is 5.99. The smallest absolute Gasteiger partial charge is 0.255 e. The Balaban J connectivity index is 1.90. The first-order chi connectivity index (χ1) is 9.63. The molecule has 0 aliphatic heterocycles. The minimum absolute atomic E-state index is 0.205. The lowest BCUT2D eigenvalue weighted by Gasteiger charge is -2.19. The summed E-state index contributed by atoms with van der Waals surface area (Å²) in [7, 11) is 3.31. The highest BCUT2D eigenvalue weighted by Gasteiger charge is 2.21. The van der Waals surface area contributed by atoms with E-state index >= 15 is 0 Å². The quantitative estimate of drug-likeness (QED) is 0.780. The van der Waals surface area contributed by atoms with Crippen molar-refractivity contribution >= 4 is 11.6 Å². The Hall–Kier alpha value is -1.62. The molecule has 1 fully saturated rings. The lowest BCUT2D eigenvalue weighted by molar-refractivity contribution is 0.0681. The second-order valence-electron chi connectivity index (χ2n) is 5.16. The van der Waals surface area contributed by atoms with E-state index in [1.165, 1.54) is 18.9 Å². The molecule has 0 heterocycles. The van der Waals surface area contributed by atoms with Gasteiger partial charge in [-0.3, -0.25) is 4.79 Å². The number of rotatable bonds is 7.